The molecule has 1 unspecified atom stereocenters. The molecule has 0 saturated heterocycles. The molecule has 1 amide bonds. The quantitative estimate of drug-likeness (QED) is 0.828. The molecular formula is C12H14BrClFNO. The summed E-state index contributed by atoms with van der Waals surface area (Å²) in [4.78, 5) is 11.9. The molecule has 1 N–H and O–H groups in total. The average Bonchev–Trinajstić information content (AvgIpc) is 2.23. The minimum Gasteiger partial charge on any atom is -0.356 e. The summed E-state index contributed by atoms with van der Waals surface area (Å²) in [6.45, 7) is 2.57. The zero-order valence-corrected chi connectivity index (χ0v) is 11.8. The highest BCUT2D eigenvalue weighted by molar-refractivity contribution is 9.09. The van der Waals surface area contributed by atoms with Crippen molar-refractivity contribution in [3.8, 4) is 0 Å². The SMILES string of the molecule is CC(Br)CCNC(=O)Cc1c(F)cccc1Cl. The lowest BCUT2D eigenvalue weighted by atomic mass is 10.1. The van der Waals surface area contributed by atoms with Crippen LogP contribution in [-0.4, -0.2) is 17.3 Å². The number of rotatable bonds is 5. The molecule has 17 heavy (non-hydrogen) atoms. The van der Waals surface area contributed by atoms with E-state index in [9.17, 15) is 9.18 Å². The molecule has 0 radical (unpaired) electrons. The predicted octanol–water partition coefficient (Wildman–Crippen LogP) is 3.31. The number of alkyl halides is 1. The number of halogens is 3. The van der Waals surface area contributed by atoms with E-state index in [4.69, 9.17) is 11.6 Å². The van der Waals surface area contributed by atoms with E-state index >= 15 is 0 Å². The molecule has 0 aliphatic rings. The monoisotopic (exact) mass is 321 g/mol. The Hall–Kier alpha value is -0.610. The number of hydrogen-bond donors (Lipinski definition) is 1. The van der Waals surface area contributed by atoms with Crippen LogP contribution in [0.1, 0.15) is 18.9 Å². The maximum atomic E-state index is 13.4. The summed E-state index contributed by atoms with van der Waals surface area (Å²) in [7, 11) is 0. The number of carbonyl (C=O) groups excluding carboxylic acids is 1. The largest absolute Gasteiger partial charge is 0.356 e. The molecule has 0 saturated carbocycles. The van der Waals surface area contributed by atoms with Crippen LogP contribution in [0.2, 0.25) is 5.02 Å². The highest BCUT2D eigenvalue weighted by Crippen LogP contribution is 2.19. The lowest BCUT2D eigenvalue weighted by Crippen LogP contribution is -2.27. The topological polar surface area (TPSA) is 29.1 Å². The van der Waals surface area contributed by atoms with Gasteiger partial charge in [-0.3, -0.25) is 4.79 Å². The van der Waals surface area contributed by atoms with Crippen LogP contribution in [0.5, 0.6) is 0 Å². The van der Waals surface area contributed by atoms with Crippen molar-refractivity contribution >= 4 is 33.4 Å². The van der Waals surface area contributed by atoms with Gasteiger partial charge in [0.25, 0.3) is 0 Å². The van der Waals surface area contributed by atoms with Gasteiger partial charge in [0.15, 0.2) is 0 Å². The fraction of sp³-hybridized carbons (Fsp3) is 0.417. The summed E-state index contributed by atoms with van der Waals surface area (Å²) >= 11 is 9.21. The van der Waals surface area contributed by atoms with Crippen molar-refractivity contribution in [1.29, 1.82) is 0 Å². The molecule has 1 atom stereocenters. The van der Waals surface area contributed by atoms with Crippen molar-refractivity contribution < 1.29 is 9.18 Å². The van der Waals surface area contributed by atoms with Crippen molar-refractivity contribution in [2.24, 2.45) is 0 Å². The smallest absolute Gasteiger partial charge is 0.224 e. The van der Waals surface area contributed by atoms with Crippen LogP contribution in [0.3, 0.4) is 0 Å². The van der Waals surface area contributed by atoms with Crippen molar-refractivity contribution in [2.75, 3.05) is 6.54 Å². The van der Waals surface area contributed by atoms with Gasteiger partial charge in [-0.15, -0.1) is 0 Å². The second-order valence-electron chi connectivity index (χ2n) is 3.80. The van der Waals surface area contributed by atoms with Crippen LogP contribution in [0.4, 0.5) is 4.39 Å². The maximum Gasteiger partial charge on any atom is 0.224 e. The van der Waals surface area contributed by atoms with Gasteiger partial charge in [-0.2, -0.15) is 0 Å². The van der Waals surface area contributed by atoms with E-state index in [1.165, 1.54) is 12.1 Å². The van der Waals surface area contributed by atoms with E-state index in [-0.39, 0.29) is 22.9 Å². The molecule has 0 fully saturated rings. The Balaban J connectivity index is 2.51. The first-order valence-electron chi connectivity index (χ1n) is 5.34. The summed E-state index contributed by atoms with van der Waals surface area (Å²) in [5, 5.41) is 3.01. The molecular weight excluding hydrogens is 308 g/mol. The summed E-state index contributed by atoms with van der Waals surface area (Å²) < 4.78 is 13.4. The third kappa shape index (κ3) is 5.04. The zero-order chi connectivity index (χ0) is 12.8. The van der Waals surface area contributed by atoms with Crippen LogP contribution in [-0.2, 0) is 11.2 Å². The van der Waals surface area contributed by atoms with Crippen LogP contribution in [0.15, 0.2) is 18.2 Å². The lowest BCUT2D eigenvalue weighted by molar-refractivity contribution is -0.120. The van der Waals surface area contributed by atoms with E-state index in [1.54, 1.807) is 6.07 Å². The number of amides is 1. The third-order valence-electron chi connectivity index (χ3n) is 2.26. The zero-order valence-electron chi connectivity index (χ0n) is 9.47. The van der Waals surface area contributed by atoms with E-state index in [2.05, 4.69) is 21.2 Å². The predicted molar refractivity (Wildman–Crippen MR) is 71.1 cm³/mol. The van der Waals surface area contributed by atoms with Gasteiger partial charge in [-0.05, 0) is 18.6 Å². The minimum atomic E-state index is -0.443. The third-order valence-corrected chi connectivity index (χ3v) is 3.08. The first-order valence-corrected chi connectivity index (χ1v) is 6.63. The Morgan fingerprint density at radius 1 is 1.59 bits per heavy atom. The molecule has 1 aromatic carbocycles. The minimum absolute atomic E-state index is 0.0256. The van der Waals surface area contributed by atoms with Gasteiger partial charge in [-0.1, -0.05) is 40.5 Å². The standard InChI is InChI=1S/C12H14BrClFNO/c1-8(13)5-6-16-12(17)7-9-10(14)3-2-4-11(9)15/h2-4,8H,5-7H2,1H3,(H,16,17). The fourth-order valence-electron chi connectivity index (χ4n) is 1.33. The molecule has 2 nitrogen and oxygen atoms in total. The molecule has 1 rings (SSSR count). The van der Waals surface area contributed by atoms with Gasteiger partial charge in [-0.25, -0.2) is 4.39 Å². The number of carbonyl (C=O) groups is 1. The second-order valence-corrected chi connectivity index (χ2v) is 5.77. The maximum absolute atomic E-state index is 13.4. The summed E-state index contributed by atoms with van der Waals surface area (Å²) in [6.07, 6.45) is 0.804. The fourth-order valence-corrected chi connectivity index (χ4v) is 1.79. The molecule has 0 spiro atoms. The van der Waals surface area contributed by atoms with E-state index in [1.807, 2.05) is 6.92 Å². The molecule has 0 aliphatic carbocycles. The Kier molecular flexibility index (Phi) is 5.92. The van der Waals surface area contributed by atoms with Gasteiger partial charge in [0, 0.05) is 22.0 Å². The van der Waals surface area contributed by atoms with E-state index < -0.39 is 5.82 Å². The van der Waals surface area contributed by atoms with E-state index in [0.29, 0.717) is 11.4 Å². The first-order chi connectivity index (χ1) is 8.00. The normalized spacial score (nSPS) is 12.2. The molecule has 94 valence electrons. The van der Waals surface area contributed by atoms with Gasteiger partial charge in [0.2, 0.25) is 5.91 Å². The van der Waals surface area contributed by atoms with Crippen LogP contribution in [0.25, 0.3) is 0 Å². The summed E-state index contributed by atoms with van der Waals surface area (Å²) in [5.41, 5.74) is 0.249. The molecule has 0 aromatic heterocycles. The molecule has 1 aromatic rings. The Morgan fingerprint density at radius 3 is 2.88 bits per heavy atom. The highest BCUT2D eigenvalue weighted by Gasteiger charge is 2.11. The van der Waals surface area contributed by atoms with E-state index in [0.717, 1.165) is 6.42 Å². The highest BCUT2D eigenvalue weighted by atomic mass is 79.9. The van der Waals surface area contributed by atoms with Gasteiger partial charge in [0.05, 0.1) is 6.42 Å². The van der Waals surface area contributed by atoms with Crippen LogP contribution < -0.4 is 5.32 Å². The Labute approximate surface area is 114 Å². The van der Waals surface area contributed by atoms with Crippen molar-refractivity contribution in [3.05, 3.63) is 34.6 Å². The van der Waals surface area contributed by atoms with Crippen molar-refractivity contribution in [1.82, 2.24) is 5.32 Å². The molecule has 0 heterocycles. The summed E-state index contributed by atoms with van der Waals surface area (Å²) in [6, 6.07) is 4.40. The average molecular weight is 323 g/mol. The van der Waals surface area contributed by atoms with Crippen LogP contribution >= 0.6 is 27.5 Å². The first kappa shape index (κ1) is 14.5. The molecule has 0 aliphatic heterocycles. The Morgan fingerprint density at radius 2 is 2.29 bits per heavy atom. The second kappa shape index (κ2) is 6.97. The van der Waals surface area contributed by atoms with Crippen LogP contribution in [0, 0.1) is 5.82 Å². The number of hydrogen-bond acceptors (Lipinski definition) is 1. The van der Waals surface area contributed by atoms with Crippen molar-refractivity contribution in [2.45, 2.75) is 24.6 Å². The van der Waals surface area contributed by atoms with Gasteiger partial charge in [0.1, 0.15) is 5.82 Å². The van der Waals surface area contributed by atoms with Gasteiger partial charge >= 0.3 is 0 Å². The Bertz CT molecular complexity index is 378. The number of benzene rings is 1. The molecule has 5 heteroatoms. The lowest BCUT2D eigenvalue weighted by Gasteiger charge is -2.08. The number of nitrogens with one attached hydrogen (secondary N) is 1. The van der Waals surface area contributed by atoms with Crippen molar-refractivity contribution in [3.63, 3.8) is 0 Å². The summed E-state index contributed by atoms with van der Waals surface area (Å²) in [5.74, 6) is -0.661. The molecule has 0 bridgehead atoms. The van der Waals surface area contributed by atoms with Gasteiger partial charge < -0.3 is 5.32 Å².